The van der Waals surface area contributed by atoms with Crippen LogP contribution in [0.2, 0.25) is 0 Å². The largest absolute Gasteiger partial charge is 0.398 e. The molecular formula is C14H12F2N2. The van der Waals surface area contributed by atoms with Crippen LogP contribution in [-0.4, -0.2) is 0 Å². The number of hydrogen-bond donors (Lipinski definition) is 1. The Balaban J connectivity index is 1.94. The smallest absolute Gasteiger partial charge is 0.160 e. The average molecular weight is 246 g/mol. The molecule has 0 amide bonds. The van der Waals surface area contributed by atoms with E-state index in [2.05, 4.69) is 0 Å². The Labute approximate surface area is 104 Å². The molecule has 0 saturated carbocycles. The zero-order chi connectivity index (χ0) is 12.7. The zero-order valence-electron chi connectivity index (χ0n) is 9.66. The van der Waals surface area contributed by atoms with Gasteiger partial charge in [0.05, 0.1) is 0 Å². The Morgan fingerprint density at radius 1 is 1.00 bits per heavy atom. The number of nitrogen functional groups attached to an aromatic ring is 1. The first-order valence-corrected chi connectivity index (χ1v) is 5.71. The summed E-state index contributed by atoms with van der Waals surface area (Å²) in [6, 6.07) is 9.72. The Bertz CT molecular complexity index is 611. The van der Waals surface area contributed by atoms with Gasteiger partial charge in [-0.1, -0.05) is 12.1 Å². The van der Waals surface area contributed by atoms with Gasteiger partial charge in [0.25, 0.3) is 0 Å². The van der Waals surface area contributed by atoms with Crippen LogP contribution in [-0.2, 0) is 13.1 Å². The van der Waals surface area contributed by atoms with Crippen LogP contribution in [0.3, 0.4) is 0 Å². The van der Waals surface area contributed by atoms with Gasteiger partial charge in [0.2, 0.25) is 0 Å². The number of anilines is 2. The summed E-state index contributed by atoms with van der Waals surface area (Å²) in [5.41, 5.74) is 9.53. The Kier molecular flexibility index (Phi) is 2.44. The third-order valence-corrected chi connectivity index (χ3v) is 3.29. The average Bonchev–Trinajstić information content (AvgIpc) is 2.78. The van der Waals surface area contributed by atoms with Gasteiger partial charge < -0.3 is 10.6 Å². The van der Waals surface area contributed by atoms with E-state index in [4.69, 9.17) is 5.73 Å². The van der Waals surface area contributed by atoms with Gasteiger partial charge in [-0.2, -0.15) is 0 Å². The van der Waals surface area contributed by atoms with E-state index < -0.39 is 11.6 Å². The fraction of sp³-hybridized carbons (Fsp3) is 0.143. The van der Waals surface area contributed by atoms with Gasteiger partial charge in [-0.25, -0.2) is 8.78 Å². The topological polar surface area (TPSA) is 29.3 Å². The lowest BCUT2D eigenvalue weighted by Gasteiger charge is -2.17. The summed E-state index contributed by atoms with van der Waals surface area (Å²) in [7, 11) is 0. The second kappa shape index (κ2) is 3.98. The van der Waals surface area contributed by atoms with Gasteiger partial charge >= 0.3 is 0 Å². The molecule has 92 valence electrons. The van der Waals surface area contributed by atoms with Crippen molar-refractivity contribution in [1.29, 1.82) is 0 Å². The molecule has 0 aliphatic carbocycles. The number of rotatable bonds is 1. The second-order valence-corrected chi connectivity index (χ2v) is 4.44. The summed E-state index contributed by atoms with van der Waals surface area (Å²) in [4.78, 5) is 1.98. The van der Waals surface area contributed by atoms with Crippen LogP contribution in [0.1, 0.15) is 11.1 Å². The van der Waals surface area contributed by atoms with Gasteiger partial charge in [-0.15, -0.1) is 0 Å². The molecule has 0 fully saturated rings. The molecule has 0 saturated heterocycles. The maximum atomic E-state index is 13.2. The summed E-state index contributed by atoms with van der Waals surface area (Å²) in [5, 5.41) is 0. The molecule has 1 aliphatic heterocycles. The molecule has 0 bridgehead atoms. The van der Waals surface area contributed by atoms with Crippen LogP contribution in [0.5, 0.6) is 0 Å². The molecule has 3 rings (SSSR count). The van der Waals surface area contributed by atoms with Crippen molar-refractivity contribution < 1.29 is 8.78 Å². The minimum absolute atomic E-state index is 0.632. The van der Waals surface area contributed by atoms with E-state index in [1.54, 1.807) is 6.07 Å². The van der Waals surface area contributed by atoms with Crippen LogP contribution in [0, 0.1) is 11.6 Å². The highest BCUT2D eigenvalue weighted by Gasteiger charge is 2.21. The van der Waals surface area contributed by atoms with E-state index in [0.717, 1.165) is 22.9 Å². The molecule has 2 aromatic rings. The highest BCUT2D eigenvalue weighted by atomic mass is 19.2. The van der Waals surface area contributed by atoms with Crippen LogP contribution in [0.15, 0.2) is 36.4 Å². The fourth-order valence-electron chi connectivity index (χ4n) is 2.31. The fourth-order valence-corrected chi connectivity index (χ4v) is 2.31. The number of benzene rings is 2. The summed E-state index contributed by atoms with van der Waals surface area (Å²) >= 11 is 0. The van der Waals surface area contributed by atoms with Crippen molar-refractivity contribution in [2.75, 3.05) is 10.6 Å². The summed E-state index contributed by atoms with van der Waals surface area (Å²) in [6.07, 6.45) is 0. The van der Waals surface area contributed by atoms with Crippen molar-refractivity contribution >= 4 is 11.4 Å². The third-order valence-electron chi connectivity index (χ3n) is 3.29. The molecule has 0 unspecified atom stereocenters. The first-order valence-electron chi connectivity index (χ1n) is 5.71. The van der Waals surface area contributed by atoms with Crippen LogP contribution in [0.25, 0.3) is 0 Å². The predicted molar refractivity (Wildman–Crippen MR) is 67.1 cm³/mol. The van der Waals surface area contributed by atoms with Crippen LogP contribution >= 0.6 is 0 Å². The molecule has 18 heavy (non-hydrogen) atoms. The lowest BCUT2D eigenvalue weighted by atomic mass is 10.1. The molecule has 0 atom stereocenters. The Hall–Kier alpha value is -2.10. The molecule has 0 aromatic heterocycles. The van der Waals surface area contributed by atoms with Gasteiger partial charge in [0.15, 0.2) is 11.6 Å². The number of nitrogens with two attached hydrogens (primary N) is 1. The standard InChI is InChI=1S/C14H12F2N2/c15-12-5-4-10(6-13(12)16)18-7-9-2-1-3-14(17)11(9)8-18/h1-6H,7-8,17H2. The predicted octanol–water partition coefficient (Wildman–Crippen LogP) is 3.07. The second-order valence-electron chi connectivity index (χ2n) is 4.44. The van der Waals surface area contributed by atoms with Gasteiger partial charge in [-0.3, -0.25) is 0 Å². The minimum atomic E-state index is -0.824. The molecule has 2 nitrogen and oxygen atoms in total. The van der Waals surface area contributed by atoms with Crippen molar-refractivity contribution in [1.82, 2.24) is 0 Å². The monoisotopic (exact) mass is 246 g/mol. The van der Waals surface area contributed by atoms with E-state index >= 15 is 0 Å². The molecular weight excluding hydrogens is 234 g/mol. The van der Waals surface area contributed by atoms with Gasteiger partial charge in [0.1, 0.15) is 0 Å². The van der Waals surface area contributed by atoms with E-state index in [1.807, 2.05) is 23.1 Å². The molecule has 4 heteroatoms. The van der Waals surface area contributed by atoms with Crippen molar-refractivity contribution in [3.8, 4) is 0 Å². The lowest BCUT2D eigenvalue weighted by Crippen LogP contribution is -2.14. The van der Waals surface area contributed by atoms with Gasteiger partial charge in [0, 0.05) is 30.5 Å². The molecule has 1 aliphatic rings. The van der Waals surface area contributed by atoms with Gasteiger partial charge in [-0.05, 0) is 29.3 Å². The van der Waals surface area contributed by atoms with E-state index in [0.29, 0.717) is 18.8 Å². The first kappa shape index (κ1) is 11.0. The number of hydrogen-bond acceptors (Lipinski definition) is 2. The molecule has 1 heterocycles. The highest BCUT2D eigenvalue weighted by molar-refractivity contribution is 5.59. The van der Waals surface area contributed by atoms with Crippen molar-refractivity contribution in [3.05, 3.63) is 59.2 Å². The molecule has 0 radical (unpaired) electrons. The minimum Gasteiger partial charge on any atom is -0.398 e. The molecule has 2 aromatic carbocycles. The van der Waals surface area contributed by atoms with E-state index in [9.17, 15) is 8.78 Å². The normalized spacial score (nSPS) is 13.8. The van der Waals surface area contributed by atoms with Crippen molar-refractivity contribution in [3.63, 3.8) is 0 Å². The molecule has 2 N–H and O–H groups in total. The quantitative estimate of drug-likeness (QED) is 0.783. The SMILES string of the molecule is Nc1cccc2c1CN(c1ccc(F)c(F)c1)C2. The van der Waals surface area contributed by atoms with E-state index in [1.165, 1.54) is 6.07 Å². The molecule has 0 spiro atoms. The van der Waals surface area contributed by atoms with Crippen molar-refractivity contribution in [2.45, 2.75) is 13.1 Å². The Morgan fingerprint density at radius 2 is 1.83 bits per heavy atom. The van der Waals surface area contributed by atoms with Crippen LogP contribution in [0.4, 0.5) is 20.2 Å². The maximum absolute atomic E-state index is 13.2. The first-order chi connectivity index (χ1) is 8.65. The Morgan fingerprint density at radius 3 is 2.56 bits per heavy atom. The maximum Gasteiger partial charge on any atom is 0.160 e. The number of fused-ring (bicyclic) bond motifs is 1. The highest BCUT2D eigenvalue weighted by Crippen LogP contribution is 2.31. The van der Waals surface area contributed by atoms with Crippen LogP contribution < -0.4 is 10.6 Å². The summed E-state index contributed by atoms with van der Waals surface area (Å²) in [6.45, 7) is 1.30. The van der Waals surface area contributed by atoms with Crippen molar-refractivity contribution in [2.24, 2.45) is 0 Å². The zero-order valence-corrected chi connectivity index (χ0v) is 9.66. The summed E-state index contributed by atoms with van der Waals surface area (Å²) in [5.74, 6) is -1.65. The summed E-state index contributed by atoms with van der Waals surface area (Å²) < 4.78 is 26.1. The third kappa shape index (κ3) is 1.70. The number of halogens is 2. The number of nitrogens with zero attached hydrogens (tertiary/aromatic N) is 1. The van der Waals surface area contributed by atoms with E-state index in [-0.39, 0.29) is 0 Å². The lowest BCUT2D eigenvalue weighted by molar-refractivity contribution is 0.508.